The van der Waals surface area contributed by atoms with Gasteiger partial charge in [-0.05, 0) is 84.3 Å². The molecule has 1 nitrogen and oxygen atoms in total. The molecule has 8 aromatic carbocycles. The lowest BCUT2D eigenvalue weighted by Gasteiger charge is -2.19. The van der Waals surface area contributed by atoms with Crippen LogP contribution in [-0.2, 0) is 0 Å². The van der Waals surface area contributed by atoms with Gasteiger partial charge in [0.2, 0.25) is 0 Å². The van der Waals surface area contributed by atoms with Crippen LogP contribution >= 0.6 is 0 Å². The largest absolute Gasteiger partial charge is 0.456 e. The van der Waals surface area contributed by atoms with Crippen molar-refractivity contribution < 1.29 is 4.42 Å². The van der Waals surface area contributed by atoms with E-state index < -0.39 is 0 Å². The lowest BCUT2D eigenvalue weighted by atomic mass is 9.83. The Balaban J connectivity index is 1.43. The van der Waals surface area contributed by atoms with Crippen molar-refractivity contribution >= 4 is 43.5 Å². The summed E-state index contributed by atoms with van der Waals surface area (Å²) in [6.45, 7) is 0. The van der Waals surface area contributed by atoms with Crippen LogP contribution in [0.1, 0.15) is 0 Å². The fourth-order valence-electron chi connectivity index (χ4n) is 7.14. The van der Waals surface area contributed by atoms with Crippen molar-refractivity contribution in [2.75, 3.05) is 0 Å². The minimum absolute atomic E-state index is 0.909. The molecular weight excluding hydrogens is 544 g/mol. The van der Waals surface area contributed by atoms with Gasteiger partial charge in [0.15, 0.2) is 0 Å². The van der Waals surface area contributed by atoms with Crippen LogP contribution in [0.3, 0.4) is 0 Å². The molecule has 0 aliphatic heterocycles. The van der Waals surface area contributed by atoms with Gasteiger partial charge in [0.25, 0.3) is 0 Å². The summed E-state index contributed by atoms with van der Waals surface area (Å²) in [5, 5.41) is 7.24. The second-order valence-electron chi connectivity index (χ2n) is 11.6. The van der Waals surface area contributed by atoms with Gasteiger partial charge >= 0.3 is 0 Å². The van der Waals surface area contributed by atoms with Crippen LogP contribution in [0.15, 0.2) is 174 Å². The summed E-state index contributed by atoms with van der Waals surface area (Å²) in [5.74, 6) is 0. The van der Waals surface area contributed by atoms with Gasteiger partial charge in [0, 0.05) is 10.8 Å². The van der Waals surface area contributed by atoms with Gasteiger partial charge < -0.3 is 4.42 Å². The Kier molecular flexibility index (Phi) is 5.89. The van der Waals surface area contributed by atoms with E-state index in [1.165, 1.54) is 66.1 Å². The van der Waals surface area contributed by atoms with Crippen LogP contribution in [-0.4, -0.2) is 0 Å². The first-order chi connectivity index (χ1) is 22.3. The summed E-state index contributed by atoms with van der Waals surface area (Å²) < 4.78 is 6.36. The van der Waals surface area contributed by atoms with E-state index in [1.807, 2.05) is 6.07 Å². The van der Waals surface area contributed by atoms with E-state index in [-0.39, 0.29) is 0 Å². The first-order valence-corrected chi connectivity index (χ1v) is 15.4. The summed E-state index contributed by atoms with van der Waals surface area (Å²) in [4.78, 5) is 0. The summed E-state index contributed by atoms with van der Waals surface area (Å²) in [6.07, 6.45) is 0. The van der Waals surface area contributed by atoms with Gasteiger partial charge in [-0.1, -0.05) is 152 Å². The molecule has 0 spiro atoms. The maximum Gasteiger partial charge on any atom is 0.136 e. The molecule has 9 rings (SSSR count). The lowest BCUT2D eigenvalue weighted by molar-refractivity contribution is 0.669. The third-order valence-electron chi connectivity index (χ3n) is 9.08. The van der Waals surface area contributed by atoms with Crippen LogP contribution in [0.4, 0.5) is 0 Å². The number of para-hydroxylation sites is 1. The summed E-state index contributed by atoms with van der Waals surface area (Å²) in [7, 11) is 0. The number of hydrogen-bond donors (Lipinski definition) is 0. The van der Waals surface area contributed by atoms with Crippen molar-refractivity contribution in [1.82, 2.24) is 0 Å². The predicted molar refractivity (Wildman–Crippen MR) is 190 cm³/mol. The maximum atomic E-state index is 6.36. The molecule has 1 heteroatoms. The SMILES string of the molecule is c1ccc(-c2ccccc2-c2ccc3c(-c4cccc5oc6ccccc6c45)c4ccccc4c(-c4ccccc4)c3c2)cc1. The third-order valence-corrected chi connectivity index (χ3v) is 9.08. The van der Waals surface area contributed by atoms with E-state index in [9.17, 15) is 0 Å². The summed E-state index contributed by atoms with van der Waals surface area (Å²) >= 11 is 0. The van der Waals surface area contributed by atoms with Gasteiger partial charge in [-0.3, -0.25) is 0 Å². The standard InChI is InChI=1S/C44H28O/c1-3-14-29(15-4-1)32-18-7-8-19-33(32)31-26-27-36-39(28-31)42(30-16-5-2-6-17-30)34-20-9-10-21-35(34)43(36)38-23-13-25-41-44(38)37-22-11-12-24-40(37)45-41/h1-28H. The smallest absolute Gasteiger partial charge is 0.136 e. The van der Waals surface area contributed by atoms with E-state index in [0.717, 1.165) is 21.9 Å². The number of fused-ring (bicyclic) bond motifs is 5. The molecule has 9 aromatic rings. The zero-order valence-electron chi connectivity index (χ0n) is 24.6. The van der Waals surface area contributed by atoms with Gasteiger partial charge in [0.1, 0.15) is 11.2 Å². The molecule has 0 atom stereocenters. The molecule has 0 unspecified atom stereocenters. The fourth-order valence-corrected chi connectivity index (χ4v) is 7.14. The fraction of sp³-hybridized carbons (Fsp3) is 0. The number of hydrogen-bond acceptors (Lipinski definition) is 1. The van der Waals surface area contributed by atoms with Crippen molar-refractivity contribution in [2.45, 2.75) is 0 Å². The Morgan fingerprint density at radius 2 is 0.822 bits per heavy atom. The number of furan rings is 1. The highest BCUT2D eigenvalue weighted by Gasteiger charge is 2.21. The molecule has 0 N–H and O–H groups in total. The van der Waals surface area contributed by atoms with Crippen LogP contribution in [0, 0.1) is 0 Å². The van der Waals surface area contributed by atoms with Crippen molar-refractivity contribution in [3.63, 3.8) is 0 Å². The average Bonchev–Trinajstić information content (AvgIpc) is 3.50. The van der Waals surface area contributed by atoms with Gasteiger partial charge in [-0.2, -0.15) is 0 Å². The lowest BCUT2D eigenvalue weighted by Crippen LogP contribution is -1.92. The highest BCUT2D eigenvalue weighted by molar-refractivity contribution is 6.26. The average molecular weight is 573 g/mol. The Morgan fingerprint density at radius 1 is 0.289 bits per heavy atom. The third kappa shape index (κ3) is 4.09. The van der Waals surface area contributed by atoms with E-state index in [0.29, 0.717) is 0 Å². The van der Waals surface area contributed by atoms with Crippen molar-refractivity contribution in [1.29, 1.82) is 0 Å². The molecule has 0 radical (unpaired) electrons. The zero-order valence-corrected chi connectivity index (χ0v) is 24.6. The Hall–Kier alpha value is -5.92. The zero-order chi connectivity index (χ0) is 29.7. The molecule has 210 valence electrons. The second kappa shape index (κ2) is 10.4. The van der Waals surface area contributed by atoms with E-state index in [4.69, 9.17) is 4.42 Å². The summed E-state index contributed by atoms with van der Waals surface area (Å²) in [5.41, 5.74) is 11.6. The van der Waals surface area contributed by atoms with Crippen LogP contribution in [0.5, 0.6) is 0 Å². The topological polar surface area (TPSA) is 13.1 Å². The van der Waals surface area contributed by atoms with Crippen molar-refractivity contribution in [2.24, 2.45) is 0 Å². The quantitative estimate of drug-likeness (QED) is 0.191. The van der Waals surface area contributed by atoms with Gasteiger partial charge in [0.05, 0.1) is 0 Å². The van der Waals surface area contributed by atoms with E-state index in [1.54, 1.807) is 0 Å². The minimum atomic E-state index is 0.909. The van der Waals surface area contributed by atoms with E-state index >= 15 is 0 Å². The Labute approximate surface area is 261 Å². The number of rotatable bonds is 4. The van der Waals surface area contributed by atoms with Crippen molar-refractivity contribution in [3.8, 4) is 44.5 Å². The van der Waals surface area contributed by atoms with Gasteiger partial charge in [-0.15, -0.1) is 0 Å². The first kappa shape index (κ1) is 25.6. The molecule has 0 aliphatic rings. The van der Waals surface area contributed by atoms with Crippen LogP contribution < -0.4 is 0 Å². The highest BCUT2D eigenvalue weighted by atomic mass is 16.3. The summed E-state index contributed by atoms with van der Waals surface area (Å²) in [6, 6.07) is 61.0. The Morgan fingerprint density at radius 3 is 1.58 bits per heavy atom. The Bertz CT molecular complexity index is 2520. The number of benzene rings is 8. The molecular formula is C44H28O. The molecule has 0 saturated heterocycles. The van der Waals surface area contributed by atoms with Crippen LogP contribution in [0.25, 0.3) is 88.0 Å². The normalized spacial score (nSPS) is 11.6. The molecule has 1 aromatic heterocycles. The van der Waals surface area contributed by atoms with E-state index in [2.05, 4.69) is 164 Å². The minimum Gasteiger partial charge on any atom is -0.456 e. The maximum absolute atomic E-state index is 6.36. The molecule has 0 bridgehead atoms. The van der Waals surface area contributed by atoms with Crippen molar-refractivity contribution in [3.05, 3.63) is 170 Å². The van der Waals surface area contributed by atoms with Crippen LogP contribution in [0.2, 0.25) is 0 Å². The molecule has 0 fully saturated rings. The van der Waals surface area contributed by atoms with Gasteiger partial charge in [-0.25, -0.2) is 0 Å². The molecule has 1 heterocycles. The second-order valence-corrected chi connectivity index (χ2v) is 11.6. The molecule has 45 heavy (non-hydrogen) atoms. The first-order valence-electron chi connectivity index (χ1n) is 15.4. The highest BCUT2D eigenvalue weighted by Crippen LogP contribution is 2.48. The molecule has 0 amide bonds. The molecule has 0 saturated carbocycles. The predicted octanol–water partition coefficient (Wildman–Crippen LogP) is 12.6. The monoisotopic (exact) mass is 572 g/mol. The molecule has 0 aliphatic carbocycles.